The smallest absolute Gasteiger partial charge is 0.160 e. The van der Waals surface area contributed by atoms with Gasteiger partial charge in [-0.3, -0.25) is 0 Å². The van der Waals surface area contributed by atoms with Crippen LogP contribution in [0.4, 0.5) is 0 Å². The van der Waals surface area contributed by atoms with E-state index < -0.39 is 5.41 Å². The molecule has 6 aromatic carbocycles. The second-order valence-electron chi connectivity index (χ2n) is 10.9. The van der Waals surface area contributed by atoms with Crippen LogP contribution in [-0.4, -0.2) is 9.97 Å². The summed E-state index contributed by atoms with van der Waals surface area (Å²) in [6.45, 7) is 0. The second kappa shape index (κ2) is 8.73. The van der Waals surface area contributed by atoms with Gasteiger partial charge in [-0.15, -0.1) is 0 Å². The lowest BCUT2D eigenvalue weighted by Crippen LogP contribution is -2.32. The zero-order valence-corrected chi connectivity index (χ0v) is 22.7. The van der Waals surface area contributed by atoms with Crippen LogP contribution in [0, 0.1) is 0 Å². The van der Waals surface area contributed by atoms with Gasteiger partial charge in [-0.25, -0.2) is 9.97 Å². The third-order valence-corrected chi connectivity index (χ3v) is 8.76. The van der Waals surface area contributed by atoms with Crippen molar-refractivity contribution in [2.45, 2.75) is 5.41 Å². The third-order valence-electron chi connectivity index (χ3n) is 8.76. The van der Waals surface area contributed by atoms with Crippen LogP contribution in [-0.2, 0) is 5.41 Å². The molecule has 0 amide bonds. The number of hydrogen-bond acceptors (Lipinski definition) is 3. The summed E-state index contributed by atoms with van der Waals surface area (Å²) in [6, 6.07) is 51.1. The standard InChI is InChI=1S/C39H24N2O/c1-2-12-25(13-3-1)38-40-34-20-10-6-16-29(34)37(41-38)26-22-23-36-33(24-26)39(32-19-9-11-21-35(32)42-36)30-17-7-4-14-27(30)28-15-5-8-18-31(28)39/h1-24H. The van der Waals surface area contributed by atoms with Gasteiger partial charge in [-0.1, -0.05) is 115 Å². The van der Waals surface area contributed by atoms with Gasteiger partial charge < -0.3 is 4.74 Å². The van der Waals surface area contributed by atoms with E-state index in [0.29, 0.717) is 0 Å². The molecule has 2 heterocycles. The Balaban J connectivity index is 1.37. The molecular weight excluding hydrogens is 512 g/mol. The fraction of sp³-hybridized carbons (Fsp3) is 0.0256. The van der Waals surface area contributed by atoms with Crippen LogP contribution < -0.4 is 4.74 Å². The summed E-state index contributed by atoms with van der Waals surface area (Å²) in [5, 5.41) is 1.02. The summed E-state index contributed by atoms with van der Waals surface area (Å²) < 4.78 is 6.63. The van der Waals surface area contributed by atoms with Crippen molar-refractivity contribution in [3.05, 3.63) is 168 Å². The highest BCUT2D eigenvalue weighted by Gasteiger charge is 2.51. The molecule has 1 spiro atoms. The van der Waals surface area contributed by atoms with Gasteiger partial charge in [0.25, 0.3) is 0 Å². The van der Waals surface area contributed by atoms with E-state index in [4.69, 9.17) is 14.7 Å². The molecule has 1 aromatic heterocycles. The minimum Gasteiger partial charge on any atom is -0.457 e. The van der Waals surface area contributed by atoms with Gasteiger partial charge >= 0.3 is 0 Å². The second-order valence-corrected chi connectivity index (χ2v) is 10.9. The van der Waals surface area contributed by atoms with Gasteiger partial charge in [0.05, 0.1) is 16.6 Å². The molecule has 7 aromatic rings. The molecular formula is C39H24N2O. The molecule has 0 unspecified atom stereocenters. The highest BCUT2D eigenvalue weighted by atomic mass is 16.5. The number of benzene rings is 6. The molecule has 3 heteroatoms. The van der Waals surface area contributed by atoms with Crippen molar-refractivity contribution >= 4 is 10.9 Å². The van der Waals surface area contributed by atoms with E-state index in [1.807, 2.05) is 24.3 Å². The van der Waals surface area contributed by atoms with Crippen molar-refractivity contribution in [1.82, 2.24) is 9.97 Å². The minimum atomic E-state index is -0.515. The number of nitrogens with zero attached hydrogens (tertiary/aromatic N) is 2. The Morgan fingerprint density at radius 3 is 1.86 bits per heavy atom. The molecule has 3 nitrogen and oxygen atoms in total. The van der Waals surface area contributed by atoms with Crippen LogP contribution in [0.1, 0.15) is 22.3 Å². The lowest BCUT2D eigenvalue weighted by Gasteiger charge is -2.39. The predicted molar refractivity (Wildman–Crippen MR) is 168 cm³/mol. The van der Waals surface area contributed by atoms with E-state index in [1.165, 1.54) is 22.3 Å². The topological polar surface area (TPSA) is 35.0 Å². The Morgan fingerprint density at radius 1 is 0.452 bits per heavy atom. The molecule has 2 aliphatic rings. The number of hydrogen-bond donors (Lipinski definition) is 0. The zero-order chi connectivity index (χ0) is 27.7. The summed E-state index contributed by atoms with van der Waals surface area (Å²) in [5.74, 6) is 2.48. The molecule has 0 radical (unpaired) electrons. The first-order valence-corrected chi connectivity index (χ1v) is 14.3. The van der Waals surface area contributed by atoms with Gasteiger partial charge in [0.2, 0.25) is 0 Å². The summed E-state index contributed by atoms with van der Waals surface area (Å²) >= 11 is 0. The fourth-order valence-corrected chi connectivity index (χ4v) is 7.02. The quantitative estimate of drug-likeness (QED) is 0.221. The average Bonchev–Trinajstić information content (AvgIpc) is 3.36. The van der Waals surface area contributed by atoms with E-state index >= 15 is 0 Å². The maximum Gasteiger partial charge on any atom is 0.160 e. The average molecular weight is 537 g/mol. The van der Waals surface area contributed by atoms with E-state index in [0.717, 1.165) is 56.2 Å². The lowest BCUT2D eigenvalue weighted by molar-refractivity contribution is 0.436. The number of para-hydroxylation sites is 2. The molecule has 1 aliphatic heterocycles. The number of aromatic nitrogens is 2. The Kier molecular flexibility index (Phi) is 4.82. The van der Waals surface area contributed by atoms with Crippen LogP contribution in [0.25, 0.3) is 44.7 Å². The van der Waals surface area contributed by atoms with Crippen molar-refractivity contribution in [3.8, 4) is 45.3 Å². The molecule has 42 heavy (non-hydrogen) atoms. The highest BCUT2D eigenvalue weighted by Crippen LogP contribution is 2.62. The van der Waals surface area contributed by atoms with Crippen molar-refractivity contribution in [2.24, 2.45) is 0 Å². The molecule has 9 rings (SSSR count). The zero-order valence-electron chi connectivity index (χ0n) is 22.7. The highest BCUT2D eigenvalue weighted by molar-refractivity contribution is 5.95. The van der Waals surface area contributed by atoms with Crippen molar-refractivity contribution in [3.63, 3.8) is 0 Å². The SMILES string of the molecule is c1ccc(-c2nc(-c3ccc4c(c3)C3(c5ccccc5O4)c4ccccc4-c4ccccc43)c3ccccc3n2)cc1. The Labute approximate surface area is 243 Å². The Bertz CT molecular complexity index is 2140. The van der Waals surface area contributed by atoms with Gasteiger partial charge in [0.1, 0.15) is 11.5 Å². The van der Waals surface area contributed by atoms with Crippen LogP contribution in [0.5, 0.6) is 11.5 Å². The summed E-state index contributed by atoms with van der Waals surface area (Å²) in [6.07, 6.45) is 0. The lowest BCUT2D eigenvalue weighted by atomic mass is 9.66. The van der Waals surface area contributed by atoms with Crippen LogP contribution >= 0.6 is 0 Å². The van der Waals surface area contributed by atoms with E-state index in [-0.39, 0.29) is 0 Å². The van der Waals surface area contributed by atoms with Gasteiger partial charge in [0.15, 0.2) is 5.82 Å². The van der Waals surface area contributed by atoms with Crippen molar-refractivity contribution in [2.75, 3.05) is 0 Å². The first-order chi connectivity index (χ1) is 20.8. The molecule has 0 saturated carbocycles. The molecule has 0 atom stereocenters. The molecule has 196 valence electrons. The largest absolute Gasteiger partial charge is 0.457 e. The van der Waals surface area contributed by atoms with Crippen LogP contribution in [0.15, 0.2) is 146 Å². The summed E-state index contributed by atoms with van der Waals surface area (Å²) in [5.41, 5.74) is 10.7. The van der Waals surface area contributed by atoms with Gasteiger partial charge in [0, 0.05) is 27.6 Å². The first-order valence-electron chi connectivity index (χ1n) is 14.3. The molecule has 0 saturated heterocycles. The normalized spacial score (nSPS) is 13.6. The number of rotatable bonds is 2. The Hall–Kier alpha value is -5.54. The van der Waals surface area contributed by atoms with Crippen molar-refractivity contribution < 1.29 is 4.74 Å². The molecule has 0 bridgehead atoms. The predicted octanol–water partition coefficient (Wildman–Crippen LogP) is 9.43. The van der Waals surface area contributed by atoms with Gasteiger partial charge in [-0.05, 0) is 52.6 Å². The third kappa shape index (κ3) is 3.11. The molecule has 1 aliphatic carbocycles. The maximum absolute atomic E-state index is 6.63. The number of fused-ring (bicyclic) bond motifs is 10. The van der Waals surface area contributed by atoms with Crippen LogP contribution in [0.2, 0.25) is 0 Å². The van der Waals surface area contributed by atoms with Crippen molar-refractivity contribution in [1.29, 1.82) is 0 Å². The number of ether oxygens (including phenoxy) is 1. The summed E-state index contributed by atoms with van der Waals surface area (Å²) in [4.78, 5) is 10.1. The Morgan fingerprint density at radius 2 is 1.07 bits per heavy atom. The first kappa shape index (κ1) is 23.2. The fourth-order valence-electron chi connectivity index (χ4n) is 7.02. The van der Waals surface area contributed by atoms with Crippen LogP contribution in [0.3, 0.4) is 0 Å². The van der Waals surface area contributed by atoms with Gasteiger partial charge in [-0.2, -0.15) is 0 Å². The molecule has 0 N–H and O–H groups in total. The molecule has 0 fully saturated rings. The van der Waals surface area contributed by atoms with E-state index in [2.05, 4.69) is 121 Å². The maximum atomic E-state index is 6.63. The summed E-state index contributed by atoms with van der Waals surface area (Å²) in [7, 11) is 0. The minimum absolute atomic E-state index is 0.515. The van der Waals surface area contributed by atoms with E-state index in [1.54, 1.807) is 0 Å². The van der Waals surface area contributed by atoms with E-state index in [9.17, 15) is 0 Å². The monoisotopic (exact) mass is 536 g/mol.